The van der Waals surface area contributed by atoms with Gasteiger partial charge in [0.25, 0.3) is 0 Å². The smallest absolute Gasteiger partial charge is 0.235 e. The Balaban J connectivity index is 3.31. The van der Waals surface area contributed by atoms with Crippen LogP contribution in [0.15, 0.2) is 0 Å². The second-order valence-electron chi connectivity index (χ2n) is 3.33. The molecule has 0 fully saturated rings. The molecule has 0 unspecified atom stereocenters. The number of hydrogen-bond acceptors (Lipinski definition) is 4. The molecule has 0 bridgehead atoms. The van der Waals surface area contributed by atoms with Crippen molar-refractivity contribution in [2.45, 2.75) is 26.8 Å². The van der Waals surface area contributed by atoms with Crippen molar-refractivity contribution in [3.8, 4) is 0 Å². The zero-order chi connectivity index (χ0) is 11.0. The molecule has 0 aliphatic carbocycles. The molecule has 82 valence electrons. The number of ether oxygens (including phenoxy) is 1. The molecule has 0 saturated carbocycles. The Kier molecular flexibility index (Phi) is 6.96. The van der Waals surface area contributed by atoms with Gasteiger partial charge in [-0.15, -0.1) is 0 Å². The van der Waals surface area contributed by atoms with Gasteiger partial charge in [0.1, 0.15) is 13.3 Å². The molecule has 0 radical (unpaired) electrons. The Morgan fingerprint density at radius 3 is 2.50 bits per heavy atom. The first-order chi connectivity index (χ1) is 6.52. The highest BCUT2D eigenvalue weighted by molar-refractivity contribution is 5.78. The average molecular weight is 202 g/mol. The quantitative estimate of drug-likeness (QED) is 0.438. The van der Waals surface area contributed by atoms with Crippen molar-refractivity contribution in [3.05, 3.63) is 0 Å². The Morgan fingerprint density at radius 1 is 1.36 bits per heavy atom. The molecule has 0 aromatic rings. The fraction of sp³-hybridized carbons (Fsp3) is 0.778. The van der Waals surface area contributed by atoms with E-state index in [1.54, 1.807) is 0 Å². The summed E-state index contributed by atoms with van der Waals surface area (Å²) in [4.78, 5) is 21.5. The Bertz CT molecular complexity index is 192. The van der Waals surface area contributed by atoms with Gasteiger partial charge in [0, 0.05) is 6.04 Å². The van der Waals surface area contributed by atoms with Crippen molar-refractivity contribution < 1.29 is 14.3 Å². The highest BCUT2D eigenvalue weighted by atomic mass is 16.5. The average Bonchev–Trinajstić information content (AvgIpc) is 2.08. The van der Waals surface area contributed by atoms with Crippen molar-refractivity contribution in [2.75, 3.05) is 19.9 Å². The topological polar surface area (TPSA) is 67.4 Å². The summed E-state index contributed by atoms with van der Waals surface area (Å²) in [6.45, 7) is 5.73. The SMILES string of the molecule is CC(=O)COCNC(=O)CNC(C)C. The minimum absolute atomic E-state index is 0.0396. The maximum Gasteiger partial charge on any atom is 0.235 e. The van der Waals surface area contributed by atoms with Gasteiger partial charge in [0.05, 0.1) is 6.54 Å². The summed E-state index contributed by atoms with van der Waals surface area (Å²) in [7, 11) is 0. The van der Waals surface area contributed by atoms with Crippen LogP contribution in [0, 0.1) is 0 Å². The van der Waals surface area contributed by atoms with Crippen LogP contribution in [-0.4, -0.2) is 37.6 Å². The molecule has 0 heterocycles. The molecule has 0 saturated heterocycles. The van der Waals surface area contributed by atoms with Crippen LogP contribution in [0.1, 0.15) is 20.8 Å². The van der Waals surface area contributed by atoms with E-state index >= 15 is 0 Å². The van der Waals surface area contributed by atoms with Gasteiger partial charge in [0.15, 0.2) is 5.78 Å². The summed E-state index contributed by atoms with van der Waals surface area (Å²) in [5.41, 5.74) is 0. The zero-order valence-electron chi connectivity index (χ0n) is 8.92. The van der Waals surface area contributed by atoms with Crippen molar-refractivity contribution >= 4 is 11.7 Å². The molecule has 0 atom stereocenters. The fourth-order valence-electron chi connectivity index (χ4n) is 0.686. The third-order valence-electron chi connectivity index (χ3n) is 1.35. The Hall–Kier alpha value is -0.940. The summed E-state index contributed by atoms with van der Waals surface area (Å²) in [6, 6.07) is 0.277. The first-order valence-corrected chi connectivity index (χ1v) is 4.59. The Morgan fingerprint density at radius 2 is 2.00 bits per heavy atom. The minimum atomic E-state index is -0.137. The van der Waals surface area contributed by atoms with E-state index in [1.807, 2.05) is 13.8 Å². The molecule has 5 nitrogen and oxygen atoms in total. The van der Waals surface area contributed by atoms with Crippen LogP contribution in [-0.2, 0) is 14.3 Å². The predicted octanol–water partition coefficient (Wildman–Crippen LogP) is -0.336. The largest absolute Gasteiger partial charge is 0.354 e. The van der Waals surface area contributed by atoms with E-state index in [9.17, 15) is 9.59 Å². The van der Waals surface area contributed by atoms with Gasteiger partial charge in [-0.05, 0) is 6.92 Å². The summed E-state index contributed by atoms with van der Waals surface area (Å²) < 4.78 is 4.86. The summed E-state index contributed by atoms with van der Waals surface area (Å²) in [5.74, 6) is -0.193. The molecule has 14 heavy (non-hydrogen) atoms. The van der Waals surface area contributed by atoms with Gasteiger partial charge in [-0.25, -0.2) is 0 Å². The molecule has 0 aromatic heterocycles. The van der Waals surface area contributed by atoms with Crippen LogP contribution in [0.5, 0.6) is 0 Å². The zero-order valence-corrected chi connectivity index (χ0v) is 8.92. The van der Waals surface area contributed by atoms with Gasteiger partial charge in [-0.2, -0.15) is 0 Å². The number of rotatable bonds is 7. The molecule has 0 spiro atoms. The summed E-state index contributed by atoms with van der Waals surface area (Å²) in [6.07, 6.45) is 0. The lowest BCUT2D eigenvalue weighted by Crippen LogP contribution is -2.38. The van der Waals surface area contributed by atoms with Crippen molar-refractivity contribution in [3.63, 3.8) is 0 Å². The third kappa shape index (κ3) is 9.15. The number of hydrogen-bond donors (Lipinski definition) is 2. The van der Waals surface area contributed by atoms with Gasteiger partial charge in [0.2, 0.25) is 5.91 Å². The van der Waals surface area contributed by atoms with Crippen LogP contribution >= 0.6 is 0 Å². The number of carbonyl (C=O) groups is 2. The number of amides is 1. The molecule has 0 rings (SSSR count). The standard InChI is InChI=1S/C9H18N2O3/c1-7(2)10-4-9(13)11-6-14-5-8(3)12/h7,10H,4-6H2,1-3H3,(H,11,13). The summed E-state index contributed by atoms with van der Waals surface area (Å²) in [5, 5.41) is 5.48. The van der Waals surface area contributed by atoms with Crippen LogP contribution in [0.25, 0.3) is 0 Å². The third-order valence-corrected chi connectivity index (χ3v) is 1.35. The molecule has 5 heteroatoms. The molecule has 0 aliphatic rings. The fourth-order valence-corrected chi connectivity index (χ4v) is 0.686. The lowest BCUT2D eigenvalue weighted by atomic mass is 10.4. The molecule has 2 N–H and O–H groups in total. The van der Waals surface area contributed by atoms with Gasteiger partial charge < -0.3 is 15.4 Å². The number of nitrogens with one attached hydrogen (secondary N) is 2. The lowest BCUT2D eigenvalue weighted by Gasteiger charge is -2.08. The first-order valence-electron chi connectivity index (χ1n) is 4.59. The van der Waals surface area contributed by atoms with Crippen molar-refractivity contribution in [1.82, 2.24) is 10.6 Å². The molecular formula is C9H18N2O3. The van der Waals surface area contributed by atoms with E-state index in [1.165, 1.54) is 6.92 Å². The molecular weight excluding hydrogens is 184 g/mol. The maximum atomic E-state index is 11.1. The molecule has 1 amide bonds. The molecule has 0 aromatic carbocycles. The molecule has 0 aliphatic heterocycles. The van der Waals surface area contributed by atoms with E-state index in [2.05, 4.69) is 10.6 Å². The Labute approximate surface area is 84.2 Å². The van der Waals surface area contributed by atoms with Crippen LogP contribution in [0.4, 0.5) is 0 Å². The highest BCUT2D eigenvalue weighted by Crippen LogP contribution is 1.76. The van der Waals surface area contributed by atoms with Gasteiger partial charge in [-0.1, -0.05) is 13.8 Å². The van der Waals surface area contributed by atoms with Crippen molar-refractivity contribution in [2.24, 2.45) is 0 Å². The monoisotopic (exact) mass is 202 g/mol. The normalized spacial score (nSPS) is 10.3. The van der Waals surface area contributed by atoms with Crippen molar-refractivity contribution in [1.29, 1.82) is 0 Å². The number of ketones is 1. The lowest BCUT2D eigenvalue weighted by molar-refractivity contribution is -0.126. The van der Waals surface area contributed by atoms with E-state index in [0.717, 1.165) is 0 Å². The minimum Gasteiger partial charge on any atom is -0.354 e. The van der Waals surface area contributed by atoms with E-state index < -0.39 is 0 Å². The second kappa shape index (κ2) is 7.46. The van der Waals surface area contributed by atoms with Crippen LogP contribution < -0.4 is 10.6 Å². The summed E-state index contributed by atoms with van der Waals surface area (Å²) >= 11 is 0. The maximum absolute atomic E-state index is 11.1. The first kappa shape index (κ1) is 13.1. The van der Waals surface area contributed by atoms with Gasteiger partial charge >= 0.3 is 0 Å². The highest BCUT2D eigenvalue weighted by Gasteiger charge is 2.01. The van der Waals surface area contributed by atoms with E-state index in [-0.39, 0.29) is 37.6 Å². The van der Waals surface area contributed by atoms with Crippen LogP contribution in [0.3, 0.4) is 0 Å². The van der Waals surface area contributed by atoms with Gasteiger partial charge in [-0.3, -0.25) is 9.59 Å². The second-order valence-corrected chi connectivity index (χ2v) is 3.33. The van der Waals surface area contributed by atoms with E-state index in [0.29, 0.717) is 0 Å². The number of Topliss-reactive ketones (excluding diaryl/α,β-unsaturated/α-hetero) is 1. The number of carbonyl (C=O) groups excluding carboxylic acids is 2. The van der Waals surface area contributed by atoms with Crippen LogP contribution in [0.2, 0.25) is 0 Å². The predicted molar refractivity (Wildman–Crippen MR) is 52.8 cm³/mol. The van der Waals surface area contributed by atoms with E-state index in [4.69, 9.17) is 4.74 Å².